The van der Waals surface area contributed by atoms with Crippen LogP contribution in [0.4, 0.5) is 0 Å². The molecule has 0 spiro atoms. The summed E-state index contributed by atoms with van der Waals surface area (Å²) in [6.07, 6.45) is 1.96. The molecule has 6 aromatic rings. The summed E-state index contributed by atoms with van der Waals surface area (Å²) in [7, 11) is 0. The zero-order valence-electron chi connectivity index (χ0n) is 18.3. The first-order chi connectivity index (χ1) is 16.8. The second-order valence-electron chi connectivity index (χ2n) is 8.09. The maximum absolute atomic E-state index is 10.1. The highest BCUT2D eigenvalue weighted by Gasteiger charge is 2.20. The quantitative estimate of drug-likeness (QED) is 0.296. The van der Waals surface area contributed by atoms with Gasteiger partial charge in [0.2, 0.25) is 0 Å². The third-order valence-corrected chi connectivity index (χ3v) is 6.03. The minimum atomic E-state index is 0.490. The lowest BCUT2D eigenvalue weighted by Crippen LogP contribution is -1.97. The molecule has 0 aliphatic carbocycles. The van der Waals surface area contributed by atoms with Crippen LogP contribution in [0.25, 0.3) is 50.5 Å². The van der Waals surface area contributed by atoms with Gasteiger partial charge >= 0.3 is 0 Å². The van der Waals surface area contributed by atoms with E-state index < -0.39 is 0 Å². The van der Waals surface area contributed by atoms with Gasteiger partial charge in [-0.1, -0.05) is 78.9 Å². The summed E-state index contributed by atoms with van der Waals surface area (Å²) in [6.45, 7) is 0. The van der Waals surface area contributed by atoms with Crippen LogP contribution in [-0.4, -0.2) is 14.5 Å². The van der Waals surface area contributed by atoms with Crippen LogP contribution in [-0.2, 0) is 0 Å². The van der Waals surface area contributed by atoms with Crippen LogP contribution in [0.1, 0.15) is 11.4 Å². The maximum Gasteiger partial charge on any atom is 0.149 e. The maximum atomic E-state index is 10.1. The Hall–Kier alpha value is -4.88. The lowest BCUT2D eigenvalue weighted by molar-refractivity contribution is 1.13. The van der Waals surface area contributed by atoms with Crippen LogP contribution < -0.4 is 0 Å². The van der Waals surface area contributed by atoms with E-state index in [4.69, 9.17) is 0 Å². The first-order valence-electron chi connectivity index (χ1n) is 11.1. The van der Waals surface area contributed by atoms with Gasteiger partial charge in [0.1, 0.15) is 11.9 Å². The first kappa shape index (κ1) is 19.8. The van der Waals surface area contributed by atoms with E-state index in [0.29, 0.717) is 11.4 Å². The molecule has 4 nitrogen and oxygen atoms in total. The minimum Gasteiger partial charge on any atom is -0.337 e. The highest BCUT2D eigenvalue weighted by molar-refractivity contribution is 6.04. The first-order valence-corrected chi connectivity index (χ1v) is 11.1. The number of benzene rings is 4. The van der Waals surface area contributed by atoms with Crippen molar-refractivity contribution in [2.45, 2.75) is 0 Å². The van der Waals surface area contributed by atoms with Crippen molar-refractivity contribution >= 4 is 33.6 Å². The lowest BCUT2D eigenvalue weighted by Gasteiger charge is -2.12. The van der Waals surface area contributed by atoms with Gasteiger partial charge in [0, 0.05) is 16.6 Å². The molecule has 0 atom stereocenters. The van der Waals surface area contributed by atoms with Crippen LogP contribution in [0.2, 0.25) is 0 Å². The normalized spacial score (nSPS) is 11.7. The van der Waals surface area contributed by atoms with Crippen LogP contribution >= 0.6 is 0 Å². The van der Waals surface area contributed by atoms with Crippen molar-refractivity contribution in [1.82, 2.24) is 14.5 Å². The topological polar surface area (TPSA) is 57.4 Å². The van der Waals surface area contributed by atoms with Crippen molar-refractivity contribution in [3.05, 3.63) is 121 Å². The van der Waals surface area contributed by atoms with E-state index in [1.54, 1.807) is 0 Å². The SMILES string of the molecule is N#C/C(=C\c1c(-c2ccccc2)n(-c2ccccc2)c2ccccc12)c1nc2ccccc2[nH]1. The number of rotatable bonds is 4. The molecule has 0 radical (unpaired) electrons. The van der Waals surface area contributed by atoms with E-state index in [1.807, 2.05) is 72.8 Å². The molecule has 4 aromatic carbocycles. The van der Waals surface area contributed by atoms with E-state index >= 15 is 0 Å². The van der Waals surface area contributed by atoms with Gasteiger partial charge in [-0.2, -0.15) is 5.26 Å². The largest absolute Gasteiger partial charge is 0.337 e. The fourth-order valence-electron chi connectivity index (χ4n) is 4.52. The Kier molecular flexibility index (Phi) is 4.79. The molecular weight excluding hydrogens is 416 g/mol. The minimum absolute atomic E-state index is 0.490. The number of H-pyrrole nitrogens is 1. The molecule has 6 rings (SSSR count). The van der Waals surface area contributed by atoms with Gasteiger partial charge < -0.3 is 9.55 Å². The Morgan fingerprint density at radius 2 is 1.47 bits per heavy atom. The van der Waals surface area contributed by atoms with Crippen molar-refractivity contribution in [2.24, 2.45) is 0 Å². The van der Waals surface area contributed by atoms with Gasteiger partial charge in [-0.05, 0) is 42.0 Å². The highest BCUT2D eigenvalue weighted by atomic mass is 15.0. The molecule has 0 unspecified atom stereocenters. The van der Waals surface area contributed by atoms with Crippen LogP contribution in [0.3, 0.4) is 0 Å². The monoisotopic (exact) mass is 436 g/mol. The smallest absolute Gasteiger partial charge is 0.149 e. The molecule has 0 fully saturated rings. The number of hydrogen-bond acceptors (Lipinski definition) is 2. The molecule has 2 aromatic heterocycles. The van der Waals surface area contributed by atoms with Gasteiger partial charge in [0.05, 0.1) is 27.8 Å². The van der Waals surface area contributed by atoms with E-state index in [9.17, 15) is 5.26 Å². The summed E-state index contributed by atoms with van der Waals surface area (Å²) in [6, 6.07) is 39.2. The number of nitriles is 1. The van der Waals surface area contributed by atoms with Crippen molar-refractivity contribution in [3.8, 4) is 23.0 Å². The molecule has 34 heavy (non-hydrogen) atoms. The second-order valence-corrected chi connectivity index (χ2v) is 8.09. The van der Waals surface area contributed by atoms with Crippen LogP contribution in [0.5, 0.6) is 0 Å². The van der Waals surface area contributed by atoms with E-state index in [2.05, 4.69) is 63.1 Å². The fraction of sp³-hybridized carbons (Fsp3) is 0. The fourth-order valence-corrected chi connectivity index (χ4v) is 4.52. The average molecular weight is 437 g/mol. The number of imidazole rings is 1. The van der Waals surface area contributed by atoms with E-state index in [-0.39, 0.29) is 0 Å². The summed E-state index contributed by atoms with van der Waals surface area (Å²) < 4.78 is 2.27. The Bertz CT molecular complexity index is 1660. The van der Waals surface area contributed by atoms with E-state index in [0.717, 1.165) is 44.4 Å². The Labute approximate surface area is 197 Å². The van der Waals surface area contributed by atoms with E-state index in [1.165, 1.54) is 0 Å². The summed E-state index contributed by atoms with van der Waals surface area (Å²) in [5.41, 5.74) is 7.50. The summed E-state index contributed by atoms with van der Waals surface area (Å²) in [5, 5.41) is 11.2. The highest BCUT2D eigenvalue weighted by Crippen LogP contribution is 2.38. The predicted molar refractivity (Wildman–Crippen MR) is 138 cm³/mol. The molecule has 160 valence electrons. The number of aromatic nitrogens is 3. The molecule has 0 saturated carbocycles. The number of para-hydroxylation sites is 4. The standard InChI is InChI=1S/C30H20N4/c31-20-22(30-32-26-16-8-9-17-27(26)33-30)19-25-24-15-7-10-18-28(24)34(23-13-5-2-6-14-23)29(25)21-11-3-1-4-12-21/h1-19H,(H,32,33)/b22-19+. The number of fused-ring (bicyclic) bond motifs is 2. The summed E-state index contributed by atoms with van der Waals surface area (Å²) >= 11 is 0. The van der Waals surface area contributed by atoms with Crippen molar-refractivity contribution in [3.63, 3.8) is 0 Å². The third kappa shape index (κ3) is 3.28. The molecule has 0 amide bonds. The predicted octanol–water partition coefficient (Wildman–Crippen LogP) is 7.24. The Balaban J connectivity index is 1.68. The van der Waals surface area contributed by atoms with Gasteiger partial charge in [-0.15, -0.1) is 0 Å². The number of aromatic amines is 1. The third-order valence-electron chi connectivity index (χ3n) is 6.03. The summed E-state index contributed by atoms with van der Waals surface area (Å²) in [4.78, 5) is 7.98. The van der Waals surface area contributed by atoms with Crippen LogP contribution in [0.15, 0.2) is 109 Å². The number of hydrogen-bond donors (Lipinski definition) is 1. The summed E-state index contributed by atoms with van der Waals surface area (Å²) in [5.74, 6) is 0.569. The van der Waals surface area contributed by atoms with Gasteiger partial charge in [-0.25, -0.2) is 4.98 Å². The van der Waals surface area contributed by atoms with Gasteiger partial charge in [0.15, 0.2) is 0 Å². The van der Waals surface area contributed by atoms with Crippen molar-refractivity contribution in [1.29, 1.82) is 5.26 Å². The molecule has 0 aliphatic rings. The molecular formula is C30H20N4. The van der Waals surface area contributed by atoms with Gasteiger partial charge in [-0.3, -0.25) is 0 Å². The molecule has 0 saturated heterocycles. The molecule has 0 bridgehead atoms. The van der Waals surface area contributed by atoms with Crippen molar-refractivity contribution in [2.75, 3.05) is 0 Å². The van der Waals surface area contributed by atoms with Crippen LogP contribution in [0, 0.1) is 11.3 Å². The number of allylic oxidation sites excluding steroid dienone is 1. The Morgan fingerprint density at radius 1 is 0.794 bits per heavy atom. The zero-order valence-corrected chi connectivity index (χ0v) is 18.3. The lowest BCUT2D eigenvalue weighted by atomic mass is 10.0. The molecule has 4 heteroatoms. The second kappa shape index (κ2) is 8.23. The average Bonchev–Trinajstić information content (AvgIpc) is 3.47. The molecule has 1 N–H and O–H groups in total. The van der Waals surface area contributed by atoms with Gasteiger partial charge in [0.25, 0.3) is 0 Å². The number of nitrogens with one attached hydrogen (secondary N) is 1. The number of nitrogens with zero attached hydrogens (tertiary/aromatic N) is 3. The molecule has 2 heterocycles. The zero-order chi connectivity index (χ0) is 22.9. The Morgan fingerprint density at radius 3 is 2.24 bits per heavy atom. The van der Waals surface area contributed by atoms with Crippen molar-refractivity contribution < 1.29 is 0 Å². The molecule has 0 aliphatic heterocycles.